The Kier molecular flexibility index (Phi) is 9.09. The molecule has 156 valence electrons. The lowest BCUT2D eigenvalue weighted by molar-refractivity contribution is 0.571. The van der Waals surface area contributed by atoms with Gasteiger partial charge in [-0.1, -0.05) is 0 Å². The van der Waals surface area contributed by atoms with E-state index in [1.807, 2.05) is 11.3 Å². The summed E-state index contributed by atoms with van der Waals surface area (Å²) in [7, 11) is 1.76. The molecular weight excluding hydrogens is 502 g/mol. The van der Waals surface area contributed by atoms with Crippen molar-refractivity contribution in [3.05, 3.63) is 63.9 Å². The molecule has 29 heavy (non-hydrogen) atoms. The molecule has 3 aromatic rings. The molecule has 0 radical (unpaired) electrons. The van der Waals surface area contributed by atoms with Gasteiger partial charge in [0.2, 0.25) is 5.89 Å². The fourth-order valence-electron chi connectivity index (χ4n) is 2.83. The number of nitrogens with zero attached hydrogens (tertiary/aromatic N) is 2. The predicted octanol–water partition coefficient (Wildman–Crippen LogP) is 4.81. The van der Waals surface area contributed by atoms with E-state index in [9.17, 15) is 4.39 Å². The first-order chi connectivity index (χ1) is 13.5. The molecule has 0 aliphatic heterocycles. The van der Waals surface area contributed by atoms with Crippen molar-refractivity contribution in [1.29, 1.82) is 0 Å². The molecule has 8 heteroatoms. The van der Waals surface area contributed by atoms with Crippen LogP contribution in [-0.4, -0.2) is 30.6 Å². The summed E-state index contributed by atoms with van der Waals surface area (Å²) in [4.78, 5) is 11.4. The minimum Gasteiger partial charge on any atom is -0.444 e. The van der Waals surface area contributed by atoms with Crippen LogP contribution in [0, 0.1) is 12.7 Å². The van der Waals surface area contributed by atoms with E-state index in [1.54, 1.807) is 25.4 Å². The van der Waals surface area contributed by atoms with Crippen LogP contribution in [0.1, 0.15) is 22.4 Å². The van der Waals surface area contributed by atoms with E-state index in [-0.39, 0.29) is 35.8 Å². The molecule has 0 saturated carbocycles. The average Bonchev–Trinajstić information content (AvgIpc) is 3.30. The molecule has 1 aromatic carbocycles. The standard InChI is InChI=1S/C21H25FN4OS.HI/c1-14(12-19-9-4-15(2)28-19)25-21(23-3)24-11-10-18-13-27-20(26-18)16-5-7-17(22)8-6-16;/h4-9,13-14H,10-12H2,1-3H3,(H2,23,24,25);1H. The molecule has 0 aliphatic carbocycles. The highest BCUT2D eigenvalue weighted by Crippen LogP contribution is 2.19. The molecular formula is C21H26FIN4OS. The lowest BCUT2D eigenvalue weighted by Gasteiger charge is -2.17. The zero-order valence-corrected chi connectivity index (χ0v) is 19.9. The fourth-order valence-corrected chi connectivity index (χ4v) is 3.85. The highest BCUT2D eigenvalue weighted by molar-refractivity contribution is 14.0. The van der Waals surface area contributed by atoms with Crippen LogP contribution < -0.4 is 10.6 Å². The monoisotopic (exact) mass is 528 g/mol. The fraction of sp³-hybridized carbons (Fsp3) is 0.333. The number of hydrogen-bond acceptors (Lipinski definition) is 4. The van der Waals surface area contributed by atoms with Crippen molar-refractivity contribution in [2.45, 2.75) is 32.7 Å². The van der Waals surface area contributed by atoms with Gasteiger partial charge in [-0.3, -0.25) is 4.99 Å². The van der Waals surface area contributed by atoms with Crippen LogP contribution in [0.2, 0.25) is 0 Å². The van der Waals surface area contributed by atoms with E-state index in [0.29, 0.717) is 18.9 Å². The van der Waals surface area contributed by atoms with Gasteiger partial charge in [-0.05, 0) is 50.2 Å². The predicted molar refractivity (Wildman–Crippen MR) is 128 cm³/mol. The van der Waals surface area contributed by atoms with Crippen molar-refractivity contribution in [3.63, 3.8) is 0 Å². The third-order valence-electron chi connectivity index (χ3n) is 4.23. The number of benzene rings is 1. The SMILES string of the molecule is CN=C(NCCc1coc(-c2ccc(F)cc2)n1)NC(C)Cc1ccc(C)s1.I. The molecule has 0 amide bonds. The number of aryl methyl sites for hydroxylation is 1. The molecule has 2 N–H and O–H groups in total. The lowest BCUT2D eigenvalue weighted by atomic mass is 10.2. The zero-order valence-electron chi connectivity index (χ0n) is 16.7. The Labute approximate surface area is 191 Å². The van der Waals surface area contributed by atoms with E-state index in [4.69, 9.17) is 4.42 Å². The van der Waals surface area contributed by atoms with Crippen LogP contribution in [0.15, 0.2) is 52.1 Å². The van der Waals surface area contributed by atoms with Crippen LogP contribution in [0.25, 0.3) is 11.5 Å². The van der Waals surface area contributed by atoms with Crippen LogP contribution in [0.5, 0.6) is 0 Å². The second kappa shape index (κ2) is 11.3. The molecule has 0 aliphatic rings. The molecule has 1 atom stereocenters. The number of rotatable bonds is 7. The molecule has 3 rings (SSSR count). The number of hydrogen-bond donors (Lipinski definition) is 2. The number of aliphatic imine (C=N–C) groups is 1. The van der Waals surface area contributed by atoms with Gasteiger partial charge in [0, 0.05) is 47.8 Å². The highest BCUT2D eigenvalue weighted by Gasteiger charge is 2.09. The zero-order chi connectivity index (χ0) is 19.9. The second-order valence-electron chi connectivity index (χ2n) is 6.66. The van der Waals surface area contributed by atoms with E-state index in [1.165, 1.54) is 21.9 Å². The Bertz CT molecular complexity index is 923. The van der Waals surface area contributed by atoms with Crippen molar-refractivity contribution in [3.8, 4) is 11.5 Å². The summed E-state index contributed by atoms with van der Waals surface area (Å²) in [5.74, 6) is 0.988. The second-order valence-corrected chi connectivity index (χ2v) is 8.03. The first-order valence-electron chi connectivity index (χ1n) is 9.26. The summed E-state index contributed by atoms with van der Waals surface area (Å²) in [5, 5.41) is 6.72. The third-order valence-corrected chi connectivity index (χ3v) is 5.25. The first-order valence-corrected chi connectivity index (χ1v) is 10.1. The molecule has 0 bridgehead atoms. The van der Waals surface area contributed by atoms with Gasteiger partial charge in [0.05, 0.1) is 5.69 Å². The van der Waals surface area contributed by atoms with Crippen molar-refractivity contribution >= 4 is 41.3 Å². The van der Waals surface area contributed by atoms with Gasteiger partial charge >= 0.3 is 0 Å². The van der Waals surface area contributed by atoms with E-state index < -0.39 is 0 Å². The molecule has 2 aromatic heterocycles. The maximum absolute atomic E-state index is 13.0. The topological polar surface area (TPSA) is 62.5 Å². The van der Waals surface area contributed by atoms with Gasteiger partial charge < -0.3 is 15.1 Å². The van der Waals surface area contributed by atoms with E-state index in [2.05, 4.69) is 46.6 Å². The van der Waals surface area contributed by atoms with Crippen LogP contribution in [0.3, 0.4) is 0 Å². The van der Waals surface area contributed by atoms with Crippen LogP contribution in [-0.2, 0) is 12.8 Å². The summed E-state index contributed by atoms with van der Waals surface area (Å²) in [6.07, 6.45) is 3.30. The number of halogens is 2. The maximum Gasteiger partial charge on any atom is 0.226 e. The van der Waals surface area contributed by atoms with Crippen molar-refractivity contribution in [1.82, 2.24) is 15.6 Å². The minimum atomic E-state index is -0.276. The summed E-state index contributed by atoms with van der Waals surface area (Å²) in [6, 6.07) is 10.7. The molecule has 0 spiro atoms. The number of nitrogens with one attached hydrogen (secondary N) is 2. The normalized spacial score (nSPS) is 12.3. The van der Waals surface area contributed by atoms with E-state index >= 15 is 0 Å². The Balaban J connectivity index is 0.00000300. The summed E-state index contributed by atoms with van der Waals surface area (Å²) in [6.45, 7) is 4.95. The Morgan fingerprint density at radius 3 is 2.66 bits per heavy atom. The van der Waals surface area contributed by atoms with E-state index in [0.717, 1.165) is 23.6 Å². The van der Waals surface area contributed by atoms with Gasteiger partial charge in [0.25, 0.3) is 0 Å². The maximum atomic E-state index is 13.0. The smallest absolute Gasteiger partial charge is 0.226 e. The van der Waals surface area contributed by atoms with Gasteiger partial charge in [0.15, 0.2) is 5.96 Å². The third kappa shape index (κ3) is 7.11. The summed E-state index contributed by atoms with van der Waals surface area (Å²) < 4.78 is 18.5. The van der Waals surface area contributed by atoms with Crippen LogP contribution in [0.4, 0.5) is 4.39 Å². The molecule has 5 nitrogen and oxygen atoms in total. The summed E-state index contributed by atoms with van der Waals surface area (Å²) in [5.41, 5.74) is 1.60. The Morgan fingerprint density at radius 1 is 1.24 bits per heavy atom. The van der Waals surface area contributed by atoms with Gasteiger partial charge in [-0.15, -0.1) is 35.3 Å². The van der Waals surface area contributed by atoms with Gasteiger partial charge in [0.1, 0.15) is 12.1 Å². The van der Waals surface area contributed by atoms with Gasteiger partial charge in [-0.25, -0.2) is 9.37 Å². The quantitative estimate of drug-likeness (QED) is 0.263. The highest BCUT2D eigenvalue weighted by atomic mass is 127. The molecule has 0 saturated heterocycles. The average molecular weight is 528 g/mol. The molecule has 2 heterocycles. The number of guanidine groups is 1. The number of aromatic nitrogens is 1. The Morgan fingerprint density at radius 2 is 2.00 bits per heavy atom. The number of oxazole rings is 1. The van der Waals surface area contributed by atoms with Crippen molar-refractivity contribution in [2.24, 2.45) is 4.99 Å². The summed E-state index contributed by atoms with van der Waals surface area (Å²) >= 11 is 1.83. The first kappa shape index (κ1) is 23.3. The molecule has 1 unspecified atom stereocenters. The molecule has 0 fully saturated rings. The number of thiophene rings is 1. The van der Waals surface area contributed by atoms with Gasteiger partial charge in [-0.2, -0.15) is 0 Å². The minimum absolute atomic E-state index is 0. The largest absolute Gasteiger partial charge is 0.444 e. The Hall–Kier alpha value is -1.94. The van der Waals surface area contributed by atoms with Crippen molar-refractivity contribution < 1.29 is 8.81 Å². The lowest BCUT2D eigenvalue weighted by Crippen LogP contribution is -2.43. The van der Waals surface area contributed by atoms with Crippen LogP contribution >= 0.6 is 35.3 Å². The van der Waals surface area contributed by atoms with Crippen molar-refractivity contribution in [2.75, 3.05) is 13.6 Å².